The maximum Gasteiger partial charge on any atom is 0.335 e. The van der Waals surface area contributed by atoms with Gasteiger partial charge >= 0.3 is 6.03 Å². The second kappa shape index (κ2) is 10.4. The van der Waals surface area contributed by atoms with Crippen molar-refractivity contribution in [3.63, 3.8) is 0 Å². The fraction of sp³-hybridized carbons (Fsp3) is 0.179. The third-order valence-electron chi connectivity index (χ3n) is 5.66. The van der Waals surface area contributed by atoms with Gasteiger partial charge in [0.2, 0.25) is 0 Å². The van der Waals surface area contributed by atoms with E-state index in [0.29, 0.717) is 33.8 Å². The number of barbiturate groups is 1. The summed E-state index contributed by atoms with van der Waals surface area (Å²) < 4.78 is 12.0. The fourth-order valence-electron chi connectivity index (χ4n) is 3.91. The summed E-state index contributed by atoms with van der Waals surface area (Å²) in [6.45, 7) is 6.11. The van der Waals surface area contributed by atoms with Crippen molar-refractivity contribution in [2.45, 2.75) is 27.4 Å². The fourth-order valence-corrected chi connectivity index (χ4v) is 4.34. The Balaban J connectivity index is 1.65. The van der Waals surface area contributed by atoms with Crippen LogP contribution in [-0.4, -0.2) is 25.0 Å². The highest BCUT2D eigenvalue weighted by Crippen LogP contribution is 2.36. The standard InChI is InChI=1S/C28H25BrN2O5/c1-16-5-7-19(8-6-16)15-36-25-14-23(29)20(13-24(25)35-4)12-22-26(32)30-28(34)31(27(22)33)21-10-17(2)9-18(3)11-21/h5-14H,15H2,1-4H3,(H,30,32,34)/b22-12+. The monoisotopic (exact) mass is 548 g/mol. The summed E-state index contributed by atoms with van der Waals surface area (Å²) in [5.74, 6) is -0.544. The summed E-state index contributed by atoms with van der Waals surface area (Å²) in [7, 11) is 1.51. The number of carbonyl (C=O) groups excluding carboxylic acids is 3. The quantitative estimate of drug-likeness (QED) is 0.318. The lowest BCUT2D eigenvalue weighted by Crippen LogP contribution is -2.54. The van der Waals surface area contributed by atoms with Crippen LogP contribution in [0, 0.1) is 20.8 Å². The molecule has 0 unspecified atom stereocenters. The minimum absolute atomic E-state index is 0.176. The molecule has 0 spiro atoms. The summed E-state index contributed by atoms with van der Waals surface area (Å²) in [6.07, 6.45) is 1.43. The van der Waals surface area contributed by atoms with E-state index in [2.05, 4.69) is 21.2 Å². The van der Waals surface area contributed by atoms with Crippen molar-refractivity contribution >= 4 is 45.5 Å². The molecule has 1 heterocycles. The third-order valence-corrected chi connectivity index (χ3v) is 6.35. The van der Waals surface area contributed by atoms with Crippen LogP contribution in [-0.2, 0) is 16.2 Å². The molecule has 0 atom stereocenters. The van der Waals surface area contributed by atoms with E-state index in [-0.39, 0.29) is 5.57 Å². The van der Waals surface area contributed by atoms with E-state index >= 15 is 0 Å². The van der Waals surface area contributed by atoms with Crippen LogP contribution in [0.15, 0.2) is 64.6 Å². The Morgan fingerprint density at radius 1 is 0.889 bits per heavy atom. The van der Waals surface area contributed by atoms with Crippen LogP contribution in [0.25, 0.3) is 6.08 Å². The van der Waals surface area contributed by atoms with Crippen molar-refractivity contribution in [2.75, 3.05) is 12.0 Å². The Morgan fingerprint density at radius 3 is 2.19 bits per heavy atom. The number of amides is 4. The molecule has 0 radical (unpaired) electrons. The first-order chi connectivity index (χ1) is 17.2. The molecule has 0 aliphatic carbocycles. The van der Waals surface area contributed by atoms with E-state index in [0.717, 1.165) is 27.2 Å². The highest BCUT2D eigenvalue weighted by atomic mass is 79.9. The van der Waals surface area contributed by atoms with Gasteiger partial charge in [0.15, 0.2) is 11.5 Å². The van der Waals surface area contributed by atoms with Gasteiger partial charge in [0.05, 0.1) is 12.8 Å². The molecule has 8 heteroatoms. The summed E-state index contributed by atoms with van der Waals surface area (Å²) in [5, 5.41) is 2.26. The Morgan fingerprint density at radius 2 is 1.56 bits per heavy atom. The van der Waals surface area contributed by atoms with E-state index in [4.69, 9.17) is 9.47 Å². The summed E-state index contributed by atoms with van der Waals surface area (Å²) >= 11 is 3.50. The number of hydrogen-bond acceptors (Lipinski definition) is 5. The average Bonchev–Trinajstić information content (AvgIpc) is 2.81. The van der Waals surface area contributed by atoms with Gasteiger partial charge in [0, 0.05) is 4.47 Å². The number of urea groups is 1. The smallest absolute Gasteiger partial charge is 0.335 e. The molecule has 36 heavy (non-hydrogen) atoms. The first-order valence-corrected chi connectivity index (χ1v) is 12.0. The van der Waals surface area contributed by atoms with Gasteiger partial charge in [-0.1, -0.05) is 51.8 Å². The minimum Gasteiger partial charge on any atom is -0.493 e. The number of ether oxygens (including phenoxy) is 2. The zero-order valence-corrected chi connectivity index (χ0v) is 21.9. The Kier molecular flexibility index (Phi) is 7.26. The van der Waals surface area contributed by atoms with Crippen molar-refractivity contribution < 1.29 is 23.9 Å². The van der Waals surface area contributed by atoms with Crippen molar-refractivity contribution in [1.82, 2.24) is 5.32 Å². The molecule has 0 saturated carbocycles. The van der Waals surface area contributed by atoms with Gasteiger partial charge in [-0.15, -0.1) is 0 Å². The van der Waals surface area contributed by atoms with Crippen LogP contribution in [0.3, 0.4) is 0 Å². The number of aryl methyl sites for hydroxylation is 3. The lowest BCUT2D eigenvalue weighted by atomic mass is 10.0. The zero-order valence-electron chi connectivity index (χ0n) is 20.3. The summed E-state index contributed by atoms with van der Waals surface area (Å²) in [4.78, 5) is 39.4. The normalized spacial score (nSPS) is 14.8. The predicted molar refractivity (Wildman–Crippen MR) is 141 cm³/mol. The average molecular weight is 549 g/mol. The van der Waals surface area contributed by atoms with Gasteiger partial charge in [0.25, 0.3) is 11.8 Å². The van der Waals surface area contributed by atoms with Gasteiger partial charge in [0.1, 0.15) is 12.2 Å². The Labute approximate surface area is 217 Å². The number of nitrogens with zero attached hydrogens (tertiary/aromatic N) is 1. The van der Waals surface area contributed by atoms with Gasteiger partial charge in [-0.05, 0) is 73.4 Å². The van der Waals surface area contributed by atoms with Gasteiger partial charge < -0.3 is 9.47 Å². The van der Waals surface area contributed by atoms with Crippen LogP contribution in [0.1, 0.15) is 27.8 Å². The molecule has 1 fully saturated rings. The van der Waals surface area contributed by atoms with Crippen LogP contribution in [0.5, 0.6) is 11.5 Å². The highest BCUT2D eigenvalue weighted by Gasteiger charge is 2.37. The lowest BCUT2D eigenvalue weighted by Gasteiger charge is -2.27. The number of imide groups is 2. The van der Waals surface area contributed by atoms with Gasteiger partial charge in [-0.2, -0.15) is 0 Å². The molecule has 1 N–H and O–H groups in total. The van der Waals surface area contributed by atoms with E-state index in [1.807, 2.05) is 51.1 Å². The largest absolute Gasteiger partial charge is 0.493 e. The number of nitrogens with one attached hydrogen (secondary N) is 1. The molecule has 1 aliphatic heterocycles. The molecule has 3 aromatic carbocycles. The SMILES string of the molecule is COc1cc(/C=C2\C(=O)NC(=O)N(c3cc(C)cc(C)c3)C2=O)c(Br)cc1OCc1ccc(C)cc1. The molecular weight excluding hydrogens is 524 g/mol. The highest BCUT2D eigenvalue weighted by molar-refractivity contribution is 9.10. The second-order valence-electron chi connectivity index (χ2n) is 8.60. The van der Waals surface area contributed by atoms with Gasteiger partial charge in [-0.3, -0.25) is 14.9 Å². The van der Waals surface area contributed by atoms with Crippen LogP contribution >= 0.6 is 15.9 Å². The molecule has 0 aromatic heterocycles. The minimum atomic E-state index is -0.788. The molecule has 4 rings (SSSR count). The molecule has 4 amide bonds. The summed E-state index contributed by atoms with van der Waals surface area (Å²) in [5.41, 5.74) is 4.68. The predicted octanol–water partition coefficient (Wildman–Crippen LogP) is 5.63. The number of carbonyl (C=O) groups is 3. The maximum absolute atomic E-state index is 13.3. The lowest BCUT2D eigenvalue weighted by molar-refractivity contribution is -0.122. The van der Waals surface area contributed by atoms with Crippen molar-refractivity contribution in [3.8, 4) is 11.5 Å². The molecule has 7 nitrogen and oxygen atoms in total. The van der Waals surface area contributed by atoms with E-state index in [9.17, 15) is 14.4 Å². The summed E-state index contributed by atoms with van der Waals surface area (Å²) in [6, 6.07) is 16.0. The molecule has 1 aliphatic rings. The molecule has 0 bridgehead atoms. The third kappa shape index (κ3) is 5.33. The Bertz CT molecular complexity index is 1380. The van der Waals surface area contributed by atoms with Crippen molar-refractivity contribution in [3.05, 3.63) is 92.5 Å². The Hall–Kier alpha value is -3.91. The van der Waals surface area contributed by atoms with Gasteiger partial charge in [-0.25, -0.2) is 9.69 Å². The number of hydrogen-bond donors (Lipinski definition) is 1. The van der Waals surface area contributed by atoms with Crippen LogP contribution in [0.4, 0.5) is 10.5 Å². The first kappa shape index (κ1) is 25.2. The number of rotatable bonds is 6. The molecule has 3 aromatic rings. The number of halogens is 1. The maximum atomic E-state index is 13.3. The second-order valence-corrected chi connectivity index (χ2v) is 9.46. The number of benzene rings is 3. The van der Waals surface area contributed by atoms with Crippen LogP contribution in [0.2, 0.25) is 0 Å². The van der Waals surface area contributed by atoms with Crippen molar-refractivity contribution in [2.24, 2.45) is 0 Å². The number of anilines is 1. The first-order valence-electron chi connectivity index (χ1n) is 11.2. The molecule has 184 valence electrons. The van der Waals surface area contributed by atoms with Crippen molar-refractivity contribution in [1.29, 1.82) is 0 Å². The van der Waals surface area contributed by atoms with E-state index < -0.39 is 17.8 Å². The topological polar surface area (TPSA) is 84.9 Å². The molecular formula is C28H25BrN2O5. The van der Waals surface area contributed by atoms with E-state index in [1.165, 1.54) is 13.2 Å². The molecule has 1 saturated heterocycles. The zero-order chi connectivity index (χ0) is 26.0. The van der Waals surface area contributed by atoms with Crippen LogP contribution < -0.4 is 19.7 Å². The number of methoxy groups -OCH3 is 1. The van der Waals surface area contributed by atoms with E-state index in [1.54, 1.807) is 24.3 Å².